The summed E-state index contributed by atoms with van der Waals surface area (Å²) in [6, 6.07) is 17.9. The second-order valence-electron chi connectivity index (χ2n) is 7.80. The van der Waals surface area contributed by atoms with Crippen molar-refractivity contribution in [3.05, 3.63) is 84.7 Å². The summed E-state index contributed by atoms with van der Waals surface area (Å²) in [7, 11) is -3.96. The van der Waals surface area contributed by atoms with E-state index in [1.54, 1.807) is 24.3 Å². The zero-order chi connectivity index (χ0) is 25.3. The maximum atomic E-state index is 12.8. The number of carbonyl (C=O) groups excluding carboxylic acids is 3. The molecule has 9 nitrogen and oxygen atoms in total. The fraction of sp³-hybridized carbons (Fsp3) is 0.200. The van der Waals surface area contributed by atoms with Crippen LogP contribution in [0.1, 0.15) is 36.5 Å². The summed E-state index contributed by atoms with van der Waals surface area (Å²) in [6.45, 7) is 1.92. The van der Waals surface area contributed by atoms with E-state index in [0.717, 1.165) is 19.9 Å². The van der Waals surface area contributed by atoms with E-state index in [2.05, 4.69) is 15.2 Å². The molecule has 3 N–H and O–H groups in total. The van der Waals surface area contributed by atoms with Crippen LogP contribution in [-0.2, 0) is 26.2 Å². The first-order chi connectivity index (χ1) is 16.7. The molecule has 1 heterocycles. The van der Waals surface area contributed by atoms with Gasteiger partial charge < -0.3 is 10.6 Å². The van der Waals surface area contributed by atoms with Crippen molar-refractivity contribution in [1.29, 1.82) is 0 Å². The number of hydrogen-bond acceptors (Lipinski definition) is 5. The lowest BCUT2D eigenvalue weighted by Crippen LogP contribution is -2.32. The number of sulfonamides is 1. The van der Waals surface area contributed by atoms with Crippen LogP contribution >= 0.6 is 0 Å². The number of rotatable bonds is 10. The molecule has 0 bridgehead atoms. The topological polar surface area (TPSA) is 125 Å². The zero-order valence-corrected chi connectivity index (χ0v) is 20.0. The van der Waals surface area contributed by atoms with Crippen molar-refractivity contribution in [1.82, 2.24) is 4.72 Å². The highest BCUT2D eigenvalue weighted by Gasteiger charge is 2.17. The zero-order valence-electron chi connectivity index (χ0n) is 19.2. The van der Waals surface area contributed by atoms with E-state index >= 15 is 0 Å². The molecule has 1 aromatic heterocycles. The lowest BCUT2D eigenvalue weighted by Gasteiger charge is -2.12. The molecule has 0 radical (unpaired) electrons. The number of anilines is 2. The molecule has 0 saturated carbocycles. The van der Waals surface area contributed by atoms with Crippen LogP contribution in [0.15, 0.2) is 84.0 Å². The molecule has 0 fully saturated rings. The van der Waals surface area contributed by atoms with E-state index in [9.17, 15) is 22.8 Å². The lowest BCUT2D eigenvalue weighted by molar-refractivity contribution is -0.697. The van der Waals surface area contributed by atoms with E-state index in [1.165, 1.54) is 24.3 Å². The standard InChI is InChI=1S/C25H26N4O5S/c1-19(30)28-35(33,34)21-14-12-20(13-15-21)26-25(32)22-9-3-4-10-23(22)27-24(31)11-5-8-18-29-16-6-2-7-17-29/h2-4,6-7,9-10,12-17H,5,8,11,18H2,1H3,(H2-,26,27,28,30,31,32)/p+1. The molecule has 3 amide bonds. The number of aryl methyl sites for hydroxylation is 1. The van der Waals surface area contributed by atoms with Gasteiger partial charge in [-0.2, -0.15) is 0 Å². The van der Waals surface area contributed by atoms with Crippen LogP contribution in [0.4, 0.5) is 11.4 Å². The molecule has 0 aliphatic carbocycles. The van der Waals surface area contributed by atoms with Gasteiger partial charge in [-0.3, -0.25) is 14.4 Å². The lowest BCUT2D eigenvalue weighted by atomic mass is 10.1. The molecule has 0 unspecified atom stereocenters. The fourth-order valence-corrected chi connectivity index (χ4v) is 4.32. The Hall–Kier alpha value is -4.05. The Bertz CT molecular complexity index is 1290. The Balaban J connectivity index is 1.57. The summed E-state index contributed by atoms with van der Waals surface area (Å²) in [5.74, 6) is -1.34. The van der Waals surface area contributed by atoms with Crippen LogP contribution < -0.4 is 19.9 Å². The SMILES string of the molecule is CC(=O)NS(=O)(=O)c1ccc(NC(=O)c2ccccc2NC(=O)CCCC[n+]2ccccc2)cc1. The first-order valence-corrected chi connectivity index (χ1v) is 12.5. The molecular formula is C25H27N4O5S+. The minimum Gasteiger partial charge on any atom is -0.325 e. The van der Waals surface area contributed by atoms with Crippen molar-refractivity contribution in [2.45, 2.75) is 37.6 Å². The summed E-state index contributed by atoms with van der Waals surface area (Å²) in [5.41, 5.74) is 1.02. The molecule has 35 heavy (non-hydrogen) atoms. The van der Waals surface area contributed by atoms with Gasteiger partial charge >= 0.3 is 0 Å². The third-order valence-electron chi connectivity index (χ3n) is 4.99. The van der Waals surface area contributed by atoms with Crippen molar-refractivity contribution >= 4 is 39.1 Å². The van der Waals surface area contributed by atoms with Crippen molar-refractivity contribution < 1.29 is 27.4 Å². The average molecular weight is 496 g/mol. The second kappa shape index (κ2) is 11.9. The molecule has 0 aliphatic rings. The third-order valence-corrected chi connectivity index (χ3v) is 6.44. The summed E-state index contributed by atoms with van der Waals surface area (Å²) in [4.78, 5) is 36.2. The summed E-state index contributed by atoms with van der Waals surface area (Å²) >= 11 is 0. The Morgan fingerprint density at radius 1 is 0.829 bits per heavy atom. The van der Waals surface area contributed by atoms with Gasteiger partial charge in [0.05, 0.1) is 16.1 Å². The molecule has 10 heteroatoms. The van der Waals surface area contributed by atoms with E-state index < -0.39 is 21.8 Å². The number of nitrogens with zero attached hydrogens (tertiary/aromatic N) is 1. The maximum Gasteiger partial charge on any atom is 0.264 e. The predicted molar refractivity (Wildman–Crippen MR) is 131 cm³/mol. The van der Waals surface area contributed by atoms with E-state index in [1.807, 2.05) is 35.3 Å². The van der Waals surface area contributed by atoms with Gasteiger partial charge in [-0.15, -0.1) is 0 Å². The van der Waals surface area contributed by atoms with Gasteiger partial charge in [0.15, 0.2) is 12.4 Å². The highest BCUT2D eigenvalue weighted by Crippen LogP contribution is 2.19. The van der Waals surface area contributed by atoms with Gasteiger partial charge in [0, 0.05) is 37.6 Å². The van der Waals surface area contributed by atoms with Crippen LogP contribution in [0.5, 0.6) is 0 Å². The summed E-state index contributed by atoms with van der Waals surface area (Å²) < 4.78 is 28.0. The first kappa shape index (κ1) is 25.6. The molecule has 0 atom stereocenters. The molecular weight excluding hydrogens is 468 g/mol. The van der Waals surface area contributed by atoms with Gasteiger partial charge in [0.25, 0.3) is 15.9 Å². The highest BCUT2D eigenvalue weighted by atomic mass is 32.2. The van der Waals surface area contributed by atoms with Gasteiger partial charge in [-0.1, -0.05) is 18.2 Å². The van der Waals surface area contributed by atoms with E-state index in [0.29, 0.717) is 24.2 Å². The number of pyridine rings is 1. The van der Waals surface area contributed by atoms with Crippen LogP contribution in [0.2, 0.25) is 0 Å². The monoisotopic (exact) mass is 495 g/mol. The van der Waals surface area contributed by atoms with Crippen molar-refractivity contribution in [2.75, 3.05) is 10.6 Å². The Morgan fingerprint density at radius 2 is 1.51 bits per heavy atom. The number of benzene rings is 2. The minimum absolute atomic E-state index is 0.107. The van der Waals surface area contributed by atoms with Crippen LogP contribution in [-0.4, -0.2) is 26.1 Å². The van der Waals surface area contributed by atoms with Crippen molar-refractivity contribution in [3.63, 3.8) is 0 Å². The van der Waals surface area contributed by atoms with Crippen LogP contribution in [0.25, 0.3) is 0 Å². The van der Waals surface area contributed by atoms with Gasteiger partial charge in [0.1, 0.15) is 6.54 Å². The number of nitrogens with one attached hydrogen (secondary N) is 3. The third kappa shape index (κ3) is 7.75. The molecule has 0 spiro atoms. The van der Waals surface area contributed by atoms with Gasteiger partial charge in [-0.25, -0.2) is 17.7 Å². The predicted octanol–water partition coefficient (Wildman–Crippen LogP) is 2.86. The molecule has 182 valence electrons. The average Bonchev–Trinajstić information content (AvgIpc) is 2.82. The quantitative estimate of drug-likeness (QED) is 0.295. The van der Waals surface area contributed by atoms with E-state index in [-0.39, 0.29) is 16.4 Å². The van der Waals surface area contributed by atoms with E-state index in [4.69, 9.17) is 0 Å². The Labute approximate surface area is 204 Å². The highest BCUT2D eigenvalue weighted by molar-refractivity contribution is 7.90. The van der Waals surface area contributed by atoms with Gasteiger partial charge in [0.2, 0.25) is 11.8 Å². The maximum absolute atomic E-state index is 12.8. The van der Waals surface area contributed by atoms with Crippen LogP contribution in [0.3, 0.4) is 0 Å². The van der Waals surface area contributed by atoms with Crippen LogP contribution in [0, 0.1) is 0 Å². The van der Waals surface area contributed by atoms with Crippen molar-refractivity contribution in [2.24, 2.45) is 0 Å². The van der Waals surface area contributed by atoms with Gasteiger partial charge in [-0.05, 0) is 42.8 Å². The molecule has 0 aliphatic heterocycles. The number of amides is 3. The molecule has 3 rings (SSSR count). The number of unbranched alkanes of at least 4 members (excludes halogenated alkanes) is 1. The number of hydrogen-bond donors (Lipinski definition) is 3. The summed E-state index contributed by atoms with van der Waals surface area (Å²) in [6.07, 6.45) is 5.83. The molecule has 2 aromatic carbocycles. The second-order valence-corrected chi connectivity index (χ2v) is 9.49. The smallest absolute Gasteiger partial charge is 0.264 e. The molecule has 3 aromatic rings. The molecule has 0 saturated heterocycles. The Kier molecular flexibility index (Phi) is 8.69. The first-order valence-electron chi connectivity index (χ1n) is 11.0. The summed E-state index contributed by atoms with van der Waals surface area (Å²) in [5, 5.41) is 5.48. The fourth-order valence-electron chi connectivity index (χ4n) is 3.33. The largest absolute Gasteiger partial charge is 0.325 e. The minimum atomic E-state index is -3.96. The number of aromatic nitrogens is 1. The number of para-hydroxylation sites is 1. The van der Waals surface area contributed by atoms with Crippen molar-refractivity contribution in [3.8, 4) is 0 Å². The Morgan fingerprint density at radius 3 is 2.20 bits per heavy atom. The number of carbonyl (C=O) groups is 3. The normalized spacial score (nSPS) is 10.9.